The van der Waals surface area contributed by atoms with Gasteiger partial charge in [-0.05, 0) is 24.6 Å². The number of rotatable bonds is 4. The van der Waals surface area contributed by atoms with Crippen LogP contribution in [0.2, 0.25) is 0 Å². The number of fused-ring (bicyclic) bond motifs is 2. The summed E-state index contributed by atoms with van der Waals surface area (Å²) in [5.74, 6) is -0.653. The van der Waals surface area contributed by atoms with Crippen LogP contribution in [0.25, 0.3) is 0 Å². The highest BCUT2D eigenvalue weighted by molar-refractivity contribution is 7.91. The lowest BCUT2D eigenvalue weighted by Crippen LogP contribution is -2.50. The highest BCUT2D eigenvalue weighted by atomic mass is 32.2. The van der Waals surface area contributed by atoms with Crippen LogP contribution in [0.3, 0.4) is 0 Å². The predicted octanol–water partition coefficient (Wildman–Crippen LogP) is 1.44. The standard InChI is InChI=1S/C23H23N3O6S/c27-20(26(16-6-2-1-3-7-16)17-10-13-33(30,31)15-17)14-25-21(28)23(24-22(25)29)11-12-32-19-9-5-4-8-18(19)23/h1-9,17H,10-15H2,(H,24,29). The molecule has 3 aliphatic rings. The van der Waals surface area contributed by atoms with Crippen molar-refractivity contribution in [3.8, 4) is 5.75 Å². The van der Waals surface area contributed by atoms with E-state index in [0.717, 1.165) is 4.90 Å². The summed E-state index contributed by atoms with van der Waals surface area (Å²) in [4.78, 5) is 42.1. The number of hydrogen-bond acceptors (Lipinski definition) is 6. The predicted molar refractivity (Wildman–Crippen MR) is 119 cm³/mol. The van der Waals surface area contributed by atoms with Crippen molar-refractivity contribution in [2.24, 2.45) is 0 Å². The third-order valence-corrected chi connectivity index (χ3v) is 8.18. The summed E-state index contributed by atoms with van der Waals surface area (Å²) in [6.45, 7) is -0.234. The number of nitrogens with one attached hydrogen (secondary N) is 1. The van der Waals surface area contributed by atoms with E-state index < -0.39 is 45.8 Å². The van der Waals surface area contributed by atoms with Gasteiger partial charge in [0.2, 0.25) is 5.91 Å². The maximum atomic E-state index is 13.5. The number of carbonyl (C=O) groups excluding carboxylic acids is 3. The van der Waals surface area contributed by atoms with Crippen molar-refractivity contribution in [1.82, 2.24) is 10.2 Å². The van der Waals surface area contributed by atoms with Gasteiger partial charge < -0.3 is 15.0 Å². The van der Waals surface area contributed by atoms with Gasteiger partial charge >= 0.3 is 6.03 Å². The molecule has 2 aromatic carbocycles. The number of urea groups is 1. The van der Waals surface area contributed by atoms with Crippen LogP contribution in [0.15, 0.2) is 54.6 Å². The summed E-state index contributed by atoms with van der Waals surface area (Å²) >= 11 is 0. The SMILES string of the molecule is O=C1NC2(CCOc3ccccc32)C(=O)N1CC(=O)N(c1ccccc1)C1CCS(=O)(=O)C1. The van der Waals surface area contributed by atoms with Crippen molar-refractivity contribution in [2.45, 2.75) is 24.4 Å². The van der Waals surface area contributed by atoms with Crippen LogP contribution in [0.5, 0.6) is 5.75 Å². The molecular weight excluding hydrogens is 446 g/mol. The van der Waals surface area contributed by atoms with Gasteiger partial charge in [0.1, 0.15) is 12.3 Å². The molecule has 1 spiro atoms. The zero-order chi connectivity index (χ0) is 23.2. The summed E-state index contributed by atoms with van der Waals surface area (Å²) in [5.41, 5.74) is -0.186. The minimum Gasteiger partial charge on any atom is -0.493 e. The molecule has 172 valence electrons. The van der Waals surface area contributed by atoms with Crippen LogP contribution in [-0.4, -0.2) is 61.9 Å². The lowest BCUT2D eigenvalue weighted by molar-refractivity contribution is -0.135. The molecule has 3 heterocycles. The Morgan fingerprint density at radius 1 is 1.12 bits per heavy atom. The number of hydrogen-bond donors (Lipinski definition) is 1. The topological polar surface area (TPSA) is 113 Å². The smallest absolute Gasteiger partial charge is 0.325 e. The van der Waals surface area contributed by atoms with Gasteiger partial charge in [-0.2, -0.15) is 0 Å². The van der Waals surface area contributed by atoms with Gasteiger partial charge in [0.15, 0.2) is 15.4 Å². The molecule has 2 unspecified atom stereocenters. The number of imide groups is 1. The molecule has 9 nitrogen and oxygen atoms in total. The third-order valence-electron chi connectivity index (χ3n) is 6.43. The number of carbonyl (C=O) groups is 3. The molecule has 0 aliphatic carbocycles. The fourth-order valence-corrected chi connectivity index (χ4v) is 6.55. The number of ether oxygens (including phenoxy) is 1. The first kappa shape index (κ1) is 21.4. The molecule has 0 bridgehead atoms. The average molecular weight is 470 g/mol. The Bertz CT molecular complexity index is 1230. The number of para-hydroxylation sites is 2. The molecule has 10 heteroatoms. The highest BCUT2D eigenvalue weighted by Crippen LogP contribution is 2.41. The van der Waals surface area contributed by atoms with E-state index in [0.29, 0.717) is 23.4 Å². The summed E-state index contributed by atoms with van der Waals surface area (Å²) in [7, 11) is -3.25. The number of sulfone groups is 1. The maximum Gasteiger partial charge on any atom is 0.325 e. The molecule has 0 saturated carbocycles. The molecule has 2 aromatic rings. The van der Waals surface area contributed by atoms with E-state index in [1.165, 1.54) is 4.90 Å². The Kier molecular flexibility index (Phi) is 5.12. The zero-order valence-corrected chi connectivity index (χ0v) is 18.6. The van der Waals surface area contributed by atoms with Crippen LogP contribution in [-0.2, 0) is 25.0 Å². The van der Waals surface area contributed by atoms with Crippen molar-refractivity contribution in [3.05, 3.63) is 60.2 Å². The lowest BCUT2D eigenvalue weighted by Gasteiger charge is -2.33. The normalized spacial score (nSPS) is 25.5. The summed E-state index contributed by atoms with van der Waals surface area (Å²) in [5, 5.41) is 2.78. The number of nitrogens with zero attached hydrogens (tertiary/aromatic N) is 2. The lowest BCUT2D eigenvalue weighted by atomic mass is 9.84. The van der Waals surface area contributed by atoms with Gasteiger partial charge in [0, 0.05) is 17.7 Å². The molecule has 3 aliphatic heterocycles. The summed E-state index contributed by atoms with van der Waals surface area (Å²) in [6, 6.07) is 14.5. The van der Waals surface area contributed by atoms with Crippen LogP contribution >= 0.6 is 0 Å². The van der Waals surface area contributed by atoms with Gasteiger partial charge in [-0.25, -0.2) is 13.2 Å². The largest absolute Gasteiger partial charge is 0.493 e. The van der Waals surface area contributed by atoms with E-state index in [1.807, 2.05) is 0 Å². The second kappa shape index (κ2) is 7.87. The first-order valence-electron chi connectivity index (χ1n) is 10.7. The Balaban J connectivity index is 1.44. The first-order chi connectivity index (χ1) is 15.8. The minimum atomic E-state index is -3.25. The monoisotopic (exact) mass is 469 g/mol. The Hall–Kier alpha value is -3.40. The van der Waals surface area contributed by atoms with E-state index in [9.17, 15) is 22.8 Å². The third kappa shape index (κ3) is 3.64. The quantitative estimate of drug-likeness (QED) is 0.678. The molecule has 0 aromatic heterocycles. The minimum absolute atomic E-state index is 0.00267. The van der Waals surface area contributed by atoms with Crippen LogP contribution < -0.4 is 15.0 Å². The van der Waals surface area contributed by atoms with E-state index >= 15 is 0 Å². The summed E-state index contributed by atoms with van der Waals surface area (Å²) < 4.78 is 29.8. The fourth-order valence-electron chi connectivity index (χ4n) is 4.85. The second-order valence-corrected chi connectivity index (χ2v) is 10.7. The first-order valence-corrected chi connectivity index (χ1v) is 12.6. The van der Waals surface area contributed by atoms with Crippen molar-refractivity contribution in [2.75, 3.05) is 29.6 Å². The van der Waals surface area contributed by atoms with E-state index in [-0.39, 0.29) is 24.5 Å². The zero-order valence-electron chi connectivity index (χ0n) is 17.8. The van der Waals surface area contributed by atoms with E-state index in [4.69, 9.17) is 4.74 Å². The van der Waals surface area contributed by atoms with Crippen LogP contribution in [0, 0.1) is 0 Å². The van der Waals surface area contributed by atoms with Crippen molar-refractivity contribution >= 4 is 33.4 Å². The van der Waals surface area contributed by atoms with Gasteiger partial charge in [0.25, 0.3) is 5.91 Å². The number of anilines is 1. The van der Waals surface area contributed by atoms with Gasteiger partial charge in [-0.15, -0.1) is 0 Å². The van der Waals surface area contributed by atoms with Crippen LogP contribution in [0.4, 0.5) is 10.5 Å². The Labute approximate surface area is 191 Å². The molecule has 33 heavy (non-hydrogen) atoms. The molecular formula is C23H23N3O6S. The van der Waals surface area contributed by atoms with Gasteiger partial charge in [-0.3, -0.25) is 14.5 Å². The van der Waals surface area contributed by atoms with Gasteiger partial charge in [0.05, 0.1) is 24.2 Å². The number of benzene rings is 2. The Morgan fingerprint density at radius 3 is 2.58 bits per heavy atom. The second-order valence-electron chi connectivity index (χ2n) is 8.48. The molecule has 2 atom stereocenters. The van der Waals surface area contributed by atoms with Crippen molar-refractivity contribution in [3.63, 3.8) is 0 Å². The number of amides is 4. The average Bonchev–Trinajstić information content (AvgIpc) is 3.27. The highest BCUT2D eigenvalue weighted by Gasteiger charge is 2.55. The molecule has 2 saturated heterocycles. The molecule has 5 rings (SSSR count). The van der Waals surface area contributed by atoms with Crippen molar-refractivity contribution < 1.29 is 27.5 Å². The van der Waals surface area contributed by atoms with E-state index in [2.05, 4.69) is 5.32 Å². The fraction of sp³-hybridized carbons (Fsp3) is 0.348. The Morgan fingerprint density at radius 2 is 1.85 bits per heavy atom. The van der Waals surface area contributed by atoms with Crippen LogP contribution in [0.1, 0.15) is 18.4 Å². The molecule has 0 radical (unpaired) electrons. The maximum absolute atomic E-state index is 13.5. The molecule has 4 amide bonds. The van der Waals surface area contributed by atoms with Gasteiger partial charge in [-0.1, -0.05) is 36.4 Å². The summed E-state index contributed by atoms with van der Waals surface area (Å²) in [6.07, 6.45) is 0.556. The van der Waals surface area contributed by atoms with E-state index in [1.54, 1.807) is 54.6 Å². The molecule has 2 fully saturated rings. The van der Waals surface area contributed by atoms with Crippen molar-refractivity contribution in [1.29, 1.82) is 0 Å². The molecule has 1 N–H and O–H groups in total.